The molecule has 0 atom stereocenters. The molecule has 1 rings (SSSR count). The van der Waals surface area contributed by atoms with Crippen molar-refractivity contribution in [1.29, 1.82) is 0 Å². The van der Waals surface area contributed by atoms with Crippen molar-refractivity contribution >= 4 is 7.92 Å². The molecule has 0 radical (unpaired) electrons. The third-order valence-corrected chi connectivity index (χ3v) is 3.08. The molecule has 60 valence electrons. The Morgan fingerprint density at radius 3 is 2.73 bits per heavy atom. The summed E-state index contributed by atoms with van der Waals surface area (Å²) in [4.78, 5) is 0. The normalized spacial score (nSPS) is 20.8. The first-order valence-corrected chi connectivity index (χ1v) is 6.25. The second kappa shape index (κ2) is 4.51. The van der Waals surface area contributed by atoms with E-state index >= 15 is 0 Å². The lowest BCUT2D eigenvalue weighted by Crippen LogP contribution is -1.77. The van der Waals surface area contributed by atoms with Gasteiger partial charge >= 0.3 is 0 Å². The molecule has 1 heteroatoms. The maximum atomic E-state index is 2.37. The quantitative estimate of drug-likeness (QED) is 0.523. The van der Waals surface area contributed by atoms with E-state index in [4.69, 9.17) is 0 Å². The van der Waals surface area contributed by atoms with E-state index in [1.807, 2.05) is 0 Å². The van der Waals surface area contributed by atoms with Gasteiger partial charge in [-0.25, -0.2) is 0 Å². The van der Waals surface area contributed by atoms with Crippen LogP contribution in [0.2, 0.25) is 0 Å². The van der Waals surface area contributed by atoms with Crippen LogP contribution in [0, 0.1) is 0 Å². The minimum atomic E-state index is 0.0929. The van der Waals surface area contributed by atoms with Crippen molar-refractivity contribution in [3.8, 4) is 0 Å². The van der Waals surface area contributed by atoms with E-state index in [2.05, 4.69) is 43.7 Å². The second-order valence-corrected chi connectivity index (χ2v) is 5.19. The van der Waals surface area contributed by atoms with Crippen molar-refractivity contribution in [3.05, 3.63) is 35.7 Å². The Balaban J connectivity index is 2.69. The highest BCUT2D eigenvalue weighted by molar-refractivity contribution is 7.60. The van der Waals surface area contributed by atoms with Gasteiger partial charge in [-0.1, -0.05) is 38.3 Å². The molecule has 0 spiro atoms. The van der Waals surface area contributed by atoms with Crippen LogP contribution in [0.4, 0.5) is 0 Å². The lowest BCUT2D eigenvalue weighted by Gasteiger charge is -2.07. The van der Waals surface area contributed by atoms with Crippen LogP contribution in [-0.4, -0.2) is 13.3 Å². The Morgan fingerprint density at radius 2 is 2.00 bits per heavy atom. The largest absolute Gasteiger partial charge is 0.0842 e. The third-order valence-electron chi connectivity index (χ3n) is 1.72. The minimum absolute atomic E-state index is 0.0929. The smallest absolute Gasteiger partial charge is 0.0285 e. The molecule has 0 aromatic rings. The molecular formula is C10H15P. The molecule has 11 heavy (non-hydrogen) atoms. The summed E-state index contributed by atoms with van der Waals surface area (Å²) in [5.41, 5.74) is 0. The van der Waals surface area contributed by atoms with E-state index in [1.165, 1.54) is 18.2 Å². The molecule has 0 saturated heterocycles. The van der Waals surface area contributed by atoms with Crippen LogP contribution < -0.4 is 0 Å². The van der Waals surface area contributed by atoms with Crippen LogP contribution in [-0.2, 0) is 0 Å². The molecule has 0 saturated carbocycles. The van der Waals surface area contributed by atoms with Crippen molar-refractivity contribution in [1.82, 2.24) is 0 Å². The Hall–Kier alpha value is -0.350. The zero-order valence-electron chi connectivity index (χ0n) is 7.25. The fraction of sp³-hybridized carbons (Fsp3) is 0.400. The van der Waals surface area contributed by atoms with E-state index in [9.17, 15) is 0 Å². The summed E-state index contributed by atoms with van der Waals surface area (Å²) in [6.07, 6.45) is 13.5. The zero-order valence-corrected chi connectivity index (χ0v) is 8.14. The number of hydrogen-bond acceptors (Lipinski definition) is 0. The summed E-state index contributed by atoms with van der Waals surface area (Å²) in [5.74, 6) is 0. The van der Waals surface area contributed by atoms with Crippen LogP contribution in [0.3, 0.4) is 0 Å². The van der Waals surface area contributed by atoms with E-state index in [1.54, 1.807) is 0 Å². The van der Waals surface area contributed by atoms with E-state index in [0.29, 0.717) is 0 Å². The maximum absolute atomic E-state index is 2.37. The number of allylic oxidation sites excluding steroid dienone is 6. The van der Waals surface area contributed by atoms with Crippen molar-refractivity contribution in [2.45, 2.75) is 12.8 Å². The van der Waals surface area contributed by atoms with Crippen molar-refractivity contribution in [2.75, 3.05) is 13.3 Å². The second-order valence-electron chi connectivity index (χ2n) is 2.89. The van der Waals surface area contributed by atoms with Gasteiger partial charge in [0, 0.05) is 0 Å². The van der Waals surface area contributed by atoms with Gasteiger partial charge in [0.25, 0.3) is 0 Å². The Morgan fingerprint density at radius 1 is 1.18 bits per heavy atom. The molecule has 0 heterocycles. The Labute approximate surface area is 70.4 Å². The highest BCUT2D eigenvalue weighted by Gasteiger charge is 1.97. The lowest BCUT2D eigenvalue weighted by molar-refractivity contribution is 1.05. The van der Waals surface area contributed by atoms with Gasteiger partial charge in [-0.15, -0.1) is 0 Å². The van der Waals surface area contributed by atoms with E-state index in [-0.39, 0.29) is 7.92 Å². The summed E-state index contributed by atoms with van der Waals surface area (Å²) in [6, 6.07) is 0. The van der Waals surface area contributed by atoms with Gasteiger partial charge in [0.2, 0.25) is 0 Å². The molecule has 0 bridgehead atoms. The number of hydrogen-bond donors (Lipinski definition) is 0. The fourth-order valence-corrected chi connectivity index (χ4v) is 1.93. The first-order chi connectivity index (χ1) is 5.30. The van der Waals surface area contributed by atoms with Crippen LogP contribution in [0.15, 0.2) is 35.7 Å². The van der Waals surface area contributed by atoms with Gasteiger partial charge < -0.3 is 0 Å². The van der Waals surface area contributed by atoms with Gasteiger partial charge in [-0.2, -0.15) is 0 Å². The Bertz CT molecular complexity index is 197. The molecule has 0 aromatic heterocycles. The molecule has 0 fully saturated rings. The predicted octanol–water partition coefficient (Wildman–Crippen LogP) is 3.52. The summed E-state index contributed by atoms with van der Waals surface area (Å²) < 4.78 is 0. The standard InChI is InChI=1S/C10H15P/c1-11(2)10-8-6-4-3-5-7-9-10/h3-4,6,8-9H,5,7H2,1-2H3/b4-3-,8-6?,10-9?. The maximum Gasteiger partial charge on any atom is -0.0285 e. The number of rotatable bonds is 1. The van der Waals surface area contributed by atoms with Crippen LogP contribution in [0.25, 0.3) is 0 Å². The van der Waals surface area contributed by atoms with Gasteiger partial charge in [0.15, 0.2) is 0 Å². The van der Waals surface area contributed by atoms with E-state index < -0.39 is 0 Å². The summed E-state index contributed by atoms with van der Waals surface area (Å²) in [7, 11) is 0.0929. The van der Waals surface area contributed by atoms with Gasteiger partial charge in [0.1, 0.15) is 0 Å². The van der Waals surface area contributed by atoms with Crippen LogP contribution in [0.1, 0.15) is 12.8 Å². The molecular weight excluding hydrogens is 151 g/mol. The van der Waals surface area contributed by atoms with Crippen molar-refractivity contribution in [3.63, 3.8) is 0 Å². The molecule has 0 unspecified atom stereocenters. The third kappa shape index (κ3) is 3.03. The van der Waals surface area contributed by atoms with Crippen LogP contribution in [0.5, 0.6) is 0 Å². The van der Waals surface area contributed by atoms with Crippen molar-refractivity contribution < 1.29 is 0 Å². The van der Waals surface area contributed by atoms with Crippen LogP contribution >= 0.6 is 7.92 Å². The van der Waals surface area contributed by atoms with Gasteiger partial charge in [-0.05, 0) is 31.5 Å². The fourth-order valence-electron chi connectivity index (χ4n) is 1.06. The summed E-state index contributed by atoms with van der Waals surface area (Å²) in [6.45, 7) is 4.60. The predicted molar refractivity (Wildman–Crippen MR) is 54.4 cm³/mol. The minimum Gasteiger partial charge on any atom is -0.0842 e. The molecule has 0 nitrogen and oxygen atoms in total. The first kappa shape index (κ1) is 8.74. The SMILES string of the molecule is CP(C)C1=CCC/C=C\C=C1. The highest BCUT2D eigenvalue weighted by Crippen LogP contribution is 2.37. The average molecular weight is 166 g/mol. The average Bonchev–Trinajstić information content (AvgIpc) is 1.84. The molecule has 0 N–H and O–H groups in total. The highest BCUT2D eigenvalue weighted by atomic mass is 31.1. The van der Waals surface area contributed by atoms with E-state index in [0.717, 1.165) is 0 Å². The monoisotopic (exact) mass is 166 g/mol. The van der Waals surface area contributed by atoms with Gasteiger partial charge in [0.05, 0.1) is 0 Å². The molecule has 0 aliphatic heterocycles. The molecule has 0 amide bonds. The molecule has 1 aliphatic rings. The zero-order chi connectivity index (χ0) is 8.10. The molecule has 0 aromatic carbocycles. The Kier molecular flexibility index (Phi) is 3.59. The first-order valence-electron chi connectivity index (χ1n) is 4.01. The topological polar surface area (TPSA) is 0 Å². The summed E-state index contributed by atoms with van der Waals surface area (Å²) >= 11 is 0. The lowest BCUT2D eigenvalue weighted by atomic mass is 10.2. The van der Waals surface area contributed by atoms with Gasteiger partial charge in [-0.3, -0.25) is 0 Å². The van der Waals surface area contributed by atoms with Crippen molar-refractivity contribution in [2.24, 2.45) is 0 Å². The summed E-state index contributed by atoms with van der Waals surface area (Å²) in [5, 5.41) is 1.53. The molecule has 1 aliphatic carbocycles.